The van der Waals surface area contributed by atoms with Gasteiger partial charge in [-0.25, -0.2) is 0 Å². The molecule has 0 saturated heterocycles. The van der Waals surface area contributed by atoms with Crippen LogP contribution in [0.3, 0.4) is 0 Å². The fourth-order valence-electron chi connectivity index (χ4n) is 2.85. The number of hydrogen-bond donors (Lipinski definition) is 0. The molecule has 0 N–H and O–H groups in total. The molecule has 0 heteroatoms. The van der Waals surface area contributed by atoms with Crippen LogP contribution in [-0.4, -0.2) is 0 Å². The van der Waals surface area contributed by atoms with Crippen LogP contribution in [0.25, 0.3) is 11.1 Å². The Morgan fingerprint density at radius 1 is 0.682 bits per heavy atom. The Kier molecular flexibility index (Phi) is 7.95. The summed E-state index contributed by atoms with van der Waals surface area (Å²) in [6.45, 7) is 13.3. The second kappa shape index (κ2) is 9.46. The maximum Gasteiger partial charge on any atom is -0.0136 e. The van der Waals surface area contributed by atoms with E-state index in [9.17, 15) is 0 Å². The zero-order chi connectivity index (χ0) is 16.5. The molecule has 0 aliphatic heterocycles. The van der Waals surface area contributed by atoms with E-state index in [1.807, 2.05) is 13.8 Å². The summed E-state index contributed by atoms with van der Waals surface area (Å²) in [5.41, 5.74) is 4.08. The first-order chi connectivity index (χ1) is 10.6. The fourth-order valence-corrected chi connectivity index (χ4v) is 2.85. The van der Waals surface area contributed by atoms with E-state index in [1.165, 1.54) is 23.1 Å². The minimum absolute atomic E-state index is 0.667. The average molecular weight is 296 g/mol. The molecule has 0 saturated carbocycles. The van der Waals surface area contributed by atoms with Gasteiger partial charge >= 0.3 is 0 Å². The molecule has 1 atom stereocenters. The smallest absolute Gasteiger partial charge is 0.0136 e. The molecule has 0 aliphatic carbocycles. The van der Waals surface area contributed by atoms with Gasteiger partial charge in [0.1, 0.15) is 0 Å². The van der Waals surface area contributed by atoms with E-state index in [0.29, 0.717) is 11.8 Å². The molecule has 1 unspecified atom stereocenters. The summed E-state index contributed by atoms with van der Waals surface area (Å²) >= 11 is 0. The third-order valence-corrected chi connectivity index (χ3v) is 3.98. The lowest BCUT2D eigenvalue weighted by molar-refractivity contribution is 0.408. The Morgan fingerprint density at radius 3 is 1.64 bits per heavy atom. The first-order valence-corrected chi connectivity index (χ1v) is 8.73. The zero-order valence-electron chi connectivity index (χ0n) is 15.1. The zero-order valence-corrected chi connectivity index (χ0v) is 15.1. The Bertz CT molecular complexity index is 505. The lowest BCUT2D eigenvalue weighted by Crippen LogP contribution is -2.09. The minimum atomic E-state index is 0.667. The van der Waals surface area contributed by atoms with Crippen molar-refractivity contribution in [2.75, 3.05) is 0 Å². The van der Waals surface area contributed by atoms with Gasteiger partial charge < -0.3 is 0 Å². The lowest BCUT2D eigenvalue weighted by atomic mass is 9.82. The first-order valence-electron chi connectivity index (χ1n) is 8.73. The van der Waals surface area contributed by atoms with Crippen molar-refractivity contribution in [2.45, 2.75) is 53.9 Å². The Labute approximate surface area is 137 Å². The van der Waals surface area contributed by atoms with Crippen molar-refractivity contribution < 1.29 is 0 Å². The summed E-state index contributed by atoms with van der Waals surface area (Å²) in [7, 11) is 0. The molecule has 0 bridgehead atoms. The van der Waals surface area contributed by atoms with Gasteiger partial charge in [0.25, 0.3) is 0 Å². The largest absolute Gasteiger partial charge is 0.0683 e. The second-order valence-corrected chi connectivity index (χ2v) is 6.47. The fraction of sp³-hybridized carbons (Fsp3) is 0.455. The quantitative estimate of drug-likeness (QED) is 0.549. The lowest BCUT2D eigenvalue weighted by Gasteiger charge is -2.23. The van der Waals surface area contributed by atoms with Gasteiger partial charge in [0, 0.05) is 0 Å². The number of rotatable bonds is 5. The number of benzene rings is 2. The van der Waals surface area contributed by atoms with E-state index in [-0.39, 0.29) is 0 Å². The van der Waals surface area contributed by atoms with Crippen molar-refractivity contribution in [3.63, 3.8) is 0 Å². The van der Waals surface area contributed by atoms with Crippen molar-refractivity contribution in [1.29, 1.82) is 0 Å². The summed E-state index contributed by atoms with van der Waals surface area (Å²) < 4.78 is 0. The van der Waals surface area contributed by atoms with Crippen molar-refractivity contribution in [3.05, 3.63) is 60.2 Å². The highest BCUT2D eigenvalue weighted by Gasteiger charge is 2.17. The predicted molar refractivity (Wildman–Crippen MR) is 100 cm³/mol. The van der Waals surface area contributed by atoms with Crippen molar-refractivity contribution in [2.24, 2.45) is 11.8 Å². The summed E-state index contributed by atoms with van der Waals surface area (Å²) in [6, 6.07) is 19.8. The van der Waals surface area contributed by atoms with Gasteiger partial charge in [0.15, 0.2) is 0 Å². The molecule has 0 amide bonds. The third kappa shape index (κ3) is 5.33. The Hall–Kier alpha value is -1.56. The molecule has 0 spiro atoms. The van der Waals surface area contributed by atoms with Crippen LogP contribution in [0.5, 0.6) is 0 Å². The molecule has 0 radical (unpaired) electrons. The van der Waals surface area contributed by atoms with Crippen LogP contribution in [-0.2, 0) is 0 Å². The van der Waals surface area contributed by atoms with Gasteiger partial charge in [-0.3, -0.25) is 0 Å². The van der Waals surface area contributed by atoms with Crippen molar-refractivity contribution >= 4 is 0 Å². The van der Waals surface area contributed by atoms with Crippen LogP contribution in [0.15, 0.2) is 54.6 Å². The Morgan fingerprint density at radius 2 is 1.18 bits per heavy atom. The van der Waals surface area contributed by atoms with Crippen LogP contribution >= 0.6 is 0 Å². The SMILES string of the molecule is CC.CC(C)CC(c1ccc(-c2ccccc2)cc1)C(C)C. The Balaban J connectivity index is 0.00000116. The van der Waals surface area contributed by atoms with Crippen LogP contribution in [0, 0.1) is 11.8 Å². The van der Waals surface area contributed by atoms with Gasteiger partial charge in [-0.2, -0.15) is 0 Å². The summed E-state index contributed by atoms with van der Waals surface area (Å²) in [5, 5.41) is 0. The highest BCUT2D eigenvalue weighted by molar-refractivity contribution is 5.63. The normalized spacial score (nSPS) is 12.0. The van der Waals surface area contributed by atoms with Gasteiger partial charge in [0.2, 0.25) is 0 Å². The molecule has 0 fully saturated rings. The number of hydrogen-bond acceptors (Lipinski definition) is 0. The maximum absolute atomic E-state index is 2.33. The van der Waals surface area contributed by atoms with Crippen LogP contribution in [0.2, 0.25) is 0 Å². The highest BCUT2D eigenvalue weighted by atomic mass is 14.2. The van der Waals surface area contributed by atoms with Crippen LogP contribution in [0.4, 0.5) is 0 Å². The van der Waals surface area contributed by atoms with Crippen LogP contribution < -0.4 is 0 Å². The third-order valence-electron chi connectivity index (χ3n) is 3.98. The molecule has 120 valence electrons. The molecule has 22 heavy (non-hydrogen) atoms. The predicted octanol–water partition coefficient (Wildman–Crippen LogP) is 7.17. The molecular weight excluding hydrogens is 264 g/mol. The van der Waals surface area contributed by atoms with E-state index in [4.69, 9.17) is 0 Å². The van der Waals surface area contributed by atoms with E-state index >= 15 is 0 Å². The van der Waals surface area contributed by atoms with Gasteiger partial charge in [-0.15, -0.1) is 0 Å². The van der Waals surface area contributed by atoms with Crippen molar-refractivity contribution in [1.82, 2.24) is 0 Å². The standard InChI is InChI=1S/C20H26.C2H6/c1-15(2)14-20(16(3)4)19-12-10-18(11-13-19)17-8-6-5-7-9-17;1-2/h5-13,15-16,20H,14H2,1-4H3;1-2H3. The highest BCUT2D eigenvalue weighted by Crippen LogP contribution is 2.32. The van der Waals surface area contributed by atoms with E-state index in [2.05, 4.69) is 82.3 Å². The van der Waals surface area contributed by atoms with E-state index < -0.39 is 0 Å². The molecule has 0 aliphatic rings. The molecule has 0 aromatic heterocycles. The maximum atomic E-state index is 2.33. The molecule has 0 nitrogen and oxygen atoms in total. The molecule has 2 aromatic carbocycles. The topological polar surface area (TPSA) is 0 Å². The van der Waals surface area contributed by atoms with Crippen LogP contribution in [0.1, 0.15) is 59.4 Å². The minimum Gasteiger partial charge on any atom is -0.0683 e. The monoisotopic (exact) mass is 296 g/mol. The molecule has 2 rings (SSSR count). The van der Waals surface area contributed by atoms with Crippen molar-refractivity contribution in [3.8, 4) is 11.1 Å². The second-order valence-electron chi connectivity index (χ2n) is 6.47. The van der Waals surface area contributed by atoms with Gasteiger partial charge in [-0.1, -0.05) is 96.1 Å². The van der Waals surface area contributed by atoms with E-state index in [0.717, 1.165) is 5.92 Å². The van der Waals surface area contributed by atoms with Gasteiger partial charge in [-0.05, 0) is 40.9 Å². The summed E-state index contributed by atoms with van der Waals surface area (Å²) in [4.78, 5) is 0. The molecule has 2 aromatic rings. The summed E-state index contributed by atoms with van der Waals surface area (Å²) in [5.74, 6) is 2.11. The molecule has 0 heterocycles. The first kappa shape index (κ1) is 18.5. The van der Waals surface area contributed by atoms with Gasteiger partial charge in [0.05, 0.1) is 0 Å². The molecular formula is C22H32. The summed E-state index contributed by atoms with van der Waals surface area (Å²) in [6.07, 6.45) is 1.27. The van der Waals surface area contributed by atoms with E-state index in [1.54, 1.807) is 0 Å². The average Bonchev–Trinajstić information content (AvgIpc) is 2.55.